The molecule has 3 atom stereocenters. The number of rotatable bonds is 2. The Morgan fingerprint density at radius 3 is 2.31 bits per heavy atom. The Morgan fingerprint density at radius 1 is 1.38 bits per heavy atom. The van der Waals surface area contributed by atoms with Gasteiger partial charge in [-0.2, -0.15) is 5.06 Å². The quantitative estimate of drug-likeness (QED) is 0.564. The van der Waals surface area contributed by atoms with Gasteiger partial charge in [-0.15, -0.1) is 0 Å². The van der Waals surface area contributed by atoms with E-state index in [9.17, 15) is 5.21 Å². The molecule has 0 aromatic rings. The summed E-state index contributed by atoms with van der Waals surface area (Å²) in [5.74, 6) is 0.0622. The van der Waals surface area contributed by atoms with E-state index in [1.165, 1.54) is 5.06 Å². The molecule has 0 aliphatic carbocycles. The van der Waals surface area contributed by atoms with Crippen molar-refractivity contribution in [2.45, 2.75) is 65.0 Å². The highest BCUT2D eigenvalue weighted by Crippen LogP contribution is 2.42. The van der Waals surface area contributed by atoms with Crippen LogP contribution in [0.1, 0.15) is 53.9 Å². The van der Waals surface area contributed by atoms with E-state index in [0.29, 0.717) is 6.42 Å². The lowest BCUT2D eigenvalue weighted by atomic mass is 9.70. The van der Waals surface area contributed by atoms with E-state index >= 15 is 0 Å². The molecule has 0 aromatic heterocycles. The van der Waals surface area contributed by atoms with Crippen LogP contribution in [0, 0.1) is 5.92 Å². The van der Waals surface area contributed by atoms with Crippen LogP contribution >= 0.6 is 0 Å². The maximum Gasteiger partial charge on any atom is 0.0637 e. The fourth-order valence-electron chi connectivity index (χ4n) is 2.63. The van der Waals surface area contributed by atoms with Gasteiger partial charge in [0, 0.05) is 17.9 Å². The van der Waals surface area contributed by atoms with E-state index in [4.69, 9.17) is 5.21 Å². The summed E-state index contributed by atoms with van der Waals surface area (Å²) in [4.78, 5) is 0. The fourth-order valence-corrected chi connectivity index (χ4v) is 2.63. The molecule has 0 saturated carbocycles. The Morgan fingerprint density at radius 2 is 1.94 bits per heavy atom. The van der Waals surface area contributed by atoms with Crippen molar-refractivity contribution in [3.05, 3.63) is 0 Å². The second-order valence-electron chi connectivity index (χ2n) is 5.36. The molecule has 4 heteroatoms. The van der Waals surface area contributed by atoms with Gasteiger partial charge < -0.3 is 10.4 Å². The lowest BCUT2D eigenvalue weighted by Gasteiger charge is -2.54. The zero-order valence-corrected chi connectivity index (χ0v) is 11.0. The predicted molar refractivity (Wildman–Crippen MR) is 64.0 cm³/mol. The second kappa shape index (κ2) is 4.34. The Kier molecular flexibility index (Phi) is 3.65. The molecule has 0 aromatic carbocycles. The molecule has 1 fully saturated rings. The number of hydroxylamine groups is 2. The largest absolute Gasteiger partial charge is 0.411 e. The third-order valence-electron chi connectivity index (χ3n) is 4.60. The molecule has 0 radical (unpaired) electrons. The summed E-state index contributed by atoms with van der Waals surface area (Å²) in [6.07, 6.45) is 2.26. The van der Waals surface area contributed by atoms with Crippen LogP contribution in [0.5, 0.6) is 0 Å². The molecule has 94 valence electrons. The SMILES string of the molecule is CCC1(C)C/C(=N/O)C(C)C(C)(CC)N1O. The summed E-state index contributed by atoms with van der Waals surface area (Å²) in [5, 5.41) is 24.4. The minimum Gasteiger partial charge on any atom is -0.411 e. The van der Waals surface area contributed by atoms with Gasteiger partial charge in [-0.3, -0.25) is 0 Å². The van der Waals surface area contributed by atoms with E-state index in [1.54, 1.807) is 0 Å². The van der Waals surface area contributed by atoms with Crippen LogP contribution in [0.2, 0.25) is 0 Å². The number of piperidine rings is 1. The fraction of sp³-hybridized carbons (Fsp3) is 0.917. The average Bonchev–Trinajstić information content (AvgIpc) is 2.31. The van der Waals surface area contributed by atoms with E-state index in [0.717, 1.165) is 18.6 Å². The van der Waals surface area contributed by atoms with Crippen molar-refractivity contribution in [1.82, 2.24) is 5.06 Å². The van der Waals surface area contributed by atoms with Crippen LogP contribution in [0.15, 0.2) is 5.16 Å². The predicted octanol–water partition coefficient (Wildman–Crippen LogP) is 2.89. The van der Waals surface area contributed by atoms with Crippen molar-refractivity contribution < 1.29 is 10.4 Å². The summed E-state index contributed by atoms with van der Waals surface area (Å²) >= 11 is 0. The second-order valence-corrected chi connectivity index (χ2v) is 5.36. The van der Waals surface area contributed by atoms with Gasteiger partial charge in [0.05, 0.1) is 11.3 Å². The van der Waals surface area contributed by atoms with Crippen molar-refractivity contribution in [3.8, 4) is 0 Å². The molecule has 4 nitrogen and oxygen atoms in total. The highest BCUT2D eigenvalue weighted by Gasteiger charge is 2.51. The van der Waals surface area contributed by atoms with Gasteiger partial charge in [0.25, 0.3) is 0 Å². The summed E-state index contributed by atoms with van der Waals surface area (Å²) < 4.78 is 0. The first-order valence-electron chi connectivity index (χ1n) is 6.05. The minimum atomic E-state index is -0.357. The van der Waals surface area contributed by atoms with E-state index in [-0.39, 0.29) is 17.0 Å². The molecule has 0 bridgehead atoms. The van der Waals surface area contributed by atoms with Crippen molar-refractivity contribution in [2.24, 2.45) is 11.1 Å². The standard InChI is InChI=1S/C12H24N2O2/c1-6-11(4)8-10(13-15)9(3)12(5,7-2)14(11)16/h9,15-16H,6-8H2,1-5H3/b13-10-. The van der Waals surface area contributed by atoms with Crippen LogP contribution in [0.4, 0.5) is 0 Å². The normalized spacial score (nSPS) is 43.9. The molecule has 0 amide bonds. The van der Waals surface area contributed by atoms with Gasteiger partial charge >= 0.3 is 0 Å². The highest BCUT2D eigenvalue weighted by molar-refractivity contribution is 5.89. The van der Waals surface area contributed by atoms with Crippen molar-refractivity contribution in [1.29, 1.82) is 0 Å². The van der Waals surface area contributed by atoms with Crippen LogP contribution < -0.4 is 0 Å². The highest BCUT2D eigenvalue weighted by atomic mass is 16.5. The molecule has 1 saturated heterocycles. The minimum absolute atomic E-state index is 0.0622. The summed E-state index contributed by atoms with van der Waals surface area (Å²) in [6.45, 7) is 10.1. The first kappa shape index (κ1) is 13.5. The summed E-state index contributed by atoms with van der Waals surface area (Å²) in [5.41, 5.74) is 0.0997. The first-order chi connectivity index (χ1) is 7.35. The lowest BCUT2D eigenvalue weighted by molar-refractivity contribution is -0.249. The van der Waals surface area contributed by atoms with Crippen LogP contribution in [-0.2, 0) is 0 Å². The molecular formula is C12H24N2O2. The molecule has 3 unspecified atom stereocenters. The zero-order valence-electron chi connectivity index (χ0n) is 11.0. The van der Waals surface area contributed by atoms with Crippen molar-refractivity contribution in [3.63, 3.8) is 0 Å². The number of hydrogen-bond donors (Lipinski definition) is 2. The van der Waals surface area contributed by atoms with Gasteiger partial charge in [0.1, 0.15) is 0 Å². The lowest BCUT2D eigenvalue weighted by Crippen LogP contribution is -2.65. The average molecular weight is 228 g/mol. The first-order valence-corrected chi connectivity index (χ1v) is 6.05. The topological polar surface area (TPSA) is 56.1 Å². The monoisotopic (exact) mass is 228 g/mol. The van der Waals surface area contributed by atoms with E-state index in [2.05, 4.69) is 12.1 Å². The number of oxime groups is 1. The molecule has 1 aliphatic rings. The zero-order chi connectivity index (χ0) is 12.6. The smallest absolute Gasteiger partial charge is 0.0637 e. The molecule has 1 aliphatic heterocycles. The summed E-state index contributed by atoms with van der Waals surface area (Å²) in [6, 6.07) is 0. The third kappa shape index (κ3) is 1.74. The maximum atomic E-state index is 10.4. The molecule has 1 heterocycles. The molecule has 0 spiro atoms. The van der Waals surface area contributed by atoms with Crippen molar-refractivity contribution in [2.75, 3.05) is 0 Å². The molecule has 16 heavy (non-hydrogen) atoms. The summed E-state index contributed by atoms with van der Waals surface area (Å²) in [7, 11) is 0. The van der Waals surface area contributed by atoms with Crippen molar-refractivity contribution >= 4 is 5.71 Å². The van der Waals surface area contributed by atoms with Crippen LogP contribution in [-0.4, -0.2) is 32.3 Å². The number of nitrogens with zero attached hydrogens (tertiary/aromatic N) is 2. The third-order valence-corrected chi connectivity index (χ3v) is 4.60. The van der Waals surface area contributed by atoms with Gasteiger partial charge in [0.2, 0.25) is 0 Å². The Bertz CT molecular complexity index is 293. The Hall–Kier alpha value is -0.610. The van der Waals surface area contributed by atoms with Crippen LogP contribution in [0.3, 0.4) is 0 Å². The van der Waals surface area contributed by atoms with E-state index in [1.807, 2.05) is 27.7 Å². The number of hydrogen-bond acceptors (Lipinski definition) is 4. The van der Waals surface area contributed by atoms with Gasteiger partial charge in [-0.05, 0) is 26.7 Å². The van der Waals surface area contributed by atoms with E-state index < -0.39 is 0 Å². The van der Waals surface area contributed by atoms with Gasteiger partial charge in [-0.25, -0.2) is 0 Å². The molecular weight excluding hydrogens is 204 g/mol. The van der Waals surface area contributed by atoms with Gasteiger partial charge in [-0.1, -0.05) is 25.9 Å². The Labute approximate surface area is 97.9 Å². The Balaban J connectivity index is 3.18. The van der Waals surface area contributed by atoms with Gasteiger partial charge in [0.15, 0.2) is 0 Å². The maximum absolute atomic E-state index is 10.4. The molecule has 1 rings (SSSR count). The van der Waals surface area contributed by atoms with Crippen LogP contribution in [0.25, 0.3) is 0 Å². The molecule has 2 N–H and O–H groups in total.